The fourth-order valence-electron chi connectivity index (χ4n) is 4.04. The van der Waals surface area contributed by atoms with Crippen LogP contribution in [0.3, 0.4) is 0 Å². The van der Waals surface area contributed by atoms with Crippen LogP contribution in [0.5, 0.6) is 0 Å². The van der Waals surface area contributed by atoms with Crippen LogP contribution in [0, 0.1) is 23.7 Å². The maximum Gasteiger partial charge on any atom is 0.315 e. The fraction of sp³-hybridized carbons (Fsp3) is 0.857. The summed E-state index contributed by atoms with van der Waals surface area (Å²) in [5.41, 5.74) is 0. The maximum atomic E-state index is 12.0. The topological polar surface area (TPSA) is 78.4 Å². The first-order valence-corrected chi connectivity index (χ1v) is 8.65. The number of carboxylic acids is 1. The van der Waals surface area contributed by atoms with Gasteiger partial charge < -0.3 is 15.7 Å². The van der Waals surface area contributed by atoms with E-state index < -0.39 is 5.97 Å². The van der Waals surface area contributed by atoms with Crippen LogP contribution >= 0.6 is 11.8 Å². The zero-order chi connectivity index (χ0) is 14.1. The van der Waals surface area contributed by atoms with Crippen LogP contribution in [0.15, 0.2) is 0 Å². The highest BCUT2D eigenvalue weighted by atomic mass is 32.2. The summed E-state index contributed by atoms with van der Waals surface area (Å²) in [6, 6.07) is -0.366. The van der Waals surface area contributed by atoms with Crippen molar-refractivity contribution >= 4 is 23.8 Å². The monoisotopic (exact) mass is 298 g/mol. The Morgan fingerprint density at radius 2 is 2.00 bits per heavy atom. The number of fused-ring (bicyclic) bond motifs is 2. The summed E-state index contributed by atoms with van der Waals surface area (Å²) in [6.45, 7) is 0.706. The molecule has 0 radical (unpaired) electrons. The fourth-order valence-corrected chi connectivity index (χ4v) is 5.32. The van der Waals surface area contributed by atoms with E-state index in [1.54, 1.807) is 0 Å². The predicted molar refractivity (Wildman–Crippen MR) is 77.7 cm³/mol. The number of nitrogens with one attached hydrogen (secondary N) is 2. The van der Waals surface area contributed by atoms with Gasteiger partial charge in [0, 0.05) is 12.6 Å². The van der Waals surface area contributed by atoms with E-state index in [2.05, 4.69) is 10.6 Å². The van der Waals surface area contributed by atoms with Gasteiger partial charge in [-0.05, 0) is 54.9 Å². The third-order valence-electron chi connectivity index (χ3n) is 5.07. The van der Waals surface area contributed by atoms with E-state index in [4.69, 9.17) is 0 Å². The third kappa shape index (κ3) is 2.75. The highest BCUT2D eigenvalue weighted by Crippen LogP contribution is 2.48. The second kappa shape index (κ2) is 5.84. The number of hydrogen-bond acceptors (Lipinski definition) is 3. The van der Waals surface area contributed by atoms with Gasteiger partial charge in [0.15, 0.2) is 0 Å². The minimum atomic E-state index is -0.755. The van der Waals surface area contributed by atoms with Crippen LogP contribution in [-0.4, -0.2) is 41.2 Å². The van der Waals surface area contributed by atoms with E-state index in [0.717, 1.165) is 31.4 Å². The van der Waals surface area contributed by atoms with Gasteiger partial charge >= 0.3 is 12.0 Å². The molecule has 112 valence electrons. The average molecular weight is 298 g/mol. The Kier molecular flexibility index (Phi) is 4.10. The summed E-state index contributed by atoms with van der Waals surface area (Å²) in [6.07, 6.45) is 4.18. The third-order valence-corrected chi connectivity index (χ3v) is 6.31. The minimum Gasteiger partial charge on any atom is -0.481 e. The molecule has 0 aromatic heterocycles. The van der Waals surface area contributed by atoms with Gasteiger partial charge in [0.25, 0.3) is 0 Å². The molecule has 2 aliphatic carbocycles. The summed E-state index contributed by atoms with van der Waals surface area (Å²) in [7, 11) is 0. The number of rotatable bonds is 4. The molecule has 5 unspecified atom stereocenters. The van der Waals surface area contributed by atoms with Crippen LogP contribution < -0.4 is 10.6 Å². The first kappa shape index (κ1) is 14.0. The Morgan fingerprint density at radius 1 is 1.20 bits per heavy atom. The van der Waals surface area contributed by atoms with Gasteiger partial charge in [0.1, 0.15) is 0 Å². The Labute approximate surface area is 123 Å². The minimum absolute atomic E-state index is 0.177. The van der Waals surface area contributed by atoms with Gasteiger partial charge in [-0.15, -0.1) is 0 Å². The molecule has 0 spiro atoms. The Balaban J connectivity index is 1.51. The van der Waals surface area contributed by atoms with Gasteiger partial charge in [0.2, 0.25) is 0 Å². The van der Waals surface area contributed by atoms with Crippen molar-refractivity contribution in [2.24, 2.45) is 23.7 Å². The summed E-state index contributed by atoms with van der Waals surface area (Å²) >= 11 is 1.93. The van der Waals surface area contributed by atoms with E-state index in [1.807, 2.05) is 11.8 Å². The molecule has 1 heterocycles. The predicted octanol–water partition coefficient (Wildman–Crippen LogP) is 1.54. The van der Waals surface area contributed by atoms with Crippen molar-refractivity contribution in [2.45, 2.75) is 31.7 Å². The average Bonchev–Trinajstić information content (AvgIpc) is 3.12. The molecule has 0 aromatic carbocycles. The summed E-state index contributed by atoms with van der Waals surface area (Å²) in [5.74, 6) is 2.34. The Hall–Kier alpha value is -0.910. The molecule has 5 atom stereocenters. The number of urea groups is 1. The lowest BCUT2D eigenvalue weighted by Crippen LogP contribution is -2.50. The lowest BCUT2D eigenvalue weighted by molar-refractivity contribution is -0.144. The van der Waals surface area contributed by atoms with Crippen LogP contribution in [-0.2, 0) is 4.79 Å². The first-order chi connectivity index (χ1) is 9.65. The van der Waals surface area contributed by atoms with Gasteiger partial charge in [-0.25, -0.2) is 4.79 Å². The van der Waals surface area contributed by atoms with E-state index in [1.165, 1.54) is 5.75 Å². The largest absolute Gasteiger partial charge is 0.481 e. The zero-order valence-corrected chi connectivity index (χ0v) is 12.3. The van der Waals surface area contributed by atoms with Gasteiger partial charge in [-0.3, -0.25) is 4.79 Å². The quantitative estimate of drug-likeness (QED) is 0.735. The number of carbonyl (C=O) groups is 2. The molecule has 1 aliphatic heterocycles. The van der Waals surface area contributed by atoms with Crippen LogP contribution in [0.4, 0.5) is 4.79 Å². The van der Waals surface area contributed by atoms with E-state index >= 15 is 0 Å². The second-order valence-corrected chi connectivity index (χ2v) is 7.46. The molecule has 20 heavy (non-hydrogen) atoms. The molecule has 3 N–H and O–H groups in total. The number of hydrogen-bond donors (Lipinski definition) is 3. The van der Waals surface area contributed by atoms with Crippen molar-refractivity contribution in [1.29, 1.82) is 0 Å². The summed E-state index contributed by atoms with van der Waals surface area (Å²) < 4.78 is 0. The molecule has 5 nitrogen and oxygen atoms in total. The maximum absolute atomic E-state index is 12.0. The standard InChI is InChI=1S/C14H22N2O3S/c17-13(18)11-9-1-2-10(5-9)12(11)16-14(19)15-6-8-3-4-20-7-8/h8-12H,1-7H2,(H,17,18)(H2,15,16,19). The highest BCUT2D eigenvalue weighted by Gasteiger charge is 2.51. The lowest BCUT2D eigenvalue weighted by atomic mass is 9.84. The van der Waals surface area contributed by atoms with Crippen molar-refractivity contribution in [3.8, 4) is 0 Å². The van der Waals surface area contributed by atoms with Crippen LogP contribution in [0.1, 0.15) is 25.7 Å². The zero-order valence-electron chi connectivity index (χ0n) is 11.5. The van der Waals surface area contributed by atoms with Gasteiger partial charge in [0.05, 0.1) is 5.92 Å². The molecule has 2 saturated carbocycles. The van der Waals surface area contributed by atoms with Crippen molar-refractivity contribution in [3.05, 3.63) is 0 Å². The second-order valence-electron chi connectivity index (χ2n) is 6.31. The molecule has 0 aromatic rings. The number of amides is 2. The normalized spacial score (nSPS) is 38.9. The van der Waals surface area contributed by atoms with Crippen molar-refractivity contribution in [1.82, 2.24) is 10.6 Å². The summed E-state index contributed by atoms with van der Waals surface area (Å²) in [4.78, 5) is 23.4. The molecule has 1 saturated heterocycles. The molecular formula is C14H22N2O3S. The van der Waals surface area contributed by atoms with Gasteiger partial charge in [-0.2, -0.15) is 11.8 Å². The first-order valence-electron chi connectivity index (χ1n) is 7.50. The van der Waals surface area contributed by atoms with Crippen molar-refractivity contribution in [2.75, 3.05) is 18.1 Å². The SMILES string of the molecule is O=C(NCC1CCSC1)NC1C2CCC(C2)C1C(=O)O. The van der Waals surface area contributed by atoms with Gasteiger partial charge in [-0.1, -0.05) is 0 Å². The van der Waals surface area contributed by atoms with Crippen LogP contribution in [0.2, 0.25) is 0 Å². The number of aliphatic carboxylic acids is 1. The molecule has 3 rings (SSSR count). The molecule has 3 fully saturated rings. The lowest BCUT2D eigenvalue weighted by Gasteiger charge is -2.29. The molecule has 2 amide bonds. The van der Waals surface area contributed by atoms with E-state index in [-0.39, 0.29) is 23.9 Å². The Bertz CT molecular complexity index is 398. The molecule has 2 bridgehead atoms. The number of carbonyl (C=O) groups excluding carboxylic acids is 1. The molecule has 6 heteroatoms. The smallest absolute Gasteiger partial charge is 0.315 e. The van der Waals surface area contributed by atoms with Crippen molar-refractivity contribution in [3.63, 3.8) is 0 Å². The van der Waals surface area contributed by atoms with Crippen LogP contribution in [0.25, 0.3) is 0 Å². The number of carboxylic acid groups (broad SMARTS) is 1. The van der Waals surface area contributed by atoms with Crippen molar-refractivity contribution < 1.29 is 14.7 Å². The Morgan fingerprint density at radius 3 is 2.70 bits per heavy atom. The van der Waals surface area contributed by atoms with E-state index in [9.17, 15) is 14.7 Å². The molecule has 3 aliphatic rings. The van der Waals surface area contributed by atoms with E-state index in [0.29, 0.717) is 18.4 Å². The highest BCUT2D eigenvalue weighted by molar-refractivity contribution is 7.99. The number of thioether (sulfide) groups is 1. The summed E-state index contributed by atoms with van der Waals surface area (Å²) in [5, 5.41) is 15.2. The molecular weight excluding hydrogens is 276 g/mol.